The zero-order valence-electron chi connectivity index (χ0n) is 13.0. The van der Waals surface area contributed by atoms with E-state index in [1.54, 1.807) is 25.7 Å². The van der Waals surface area contributed by atoms with E-state index in [-0.39, 0.29) is 37.4 Å². The number of carbonyl (C=O) groups excluding carboxylic acids is 2. The molecular weight excluding hydrogens is 276 g/mol. The van der Waals surface area contributed by atoms with Crippen molar-refractivity contribution in [2.75, 3.05) is 19.7 Å². The van der Waals surface area contributed by atoms with Gasteiger partial charge < -0.3 is 14.7 Å². The van der Waals surface area contributed by atoms with Crippen LogP contribution in [0.2, 0.25) is 0 Å². The summed E-state index contributed by atoms with van der Waals surface area (Å²) < 4.78 is 5.01. The van der Waals surface area contributed by atoms with Gasteiger partial charge in [-0.1, -0.05) is 6.92 Å². The molecule has 1 aliphatic rings. The van der Waals surface area contributed by atoms with Crippen molar-refractivity contribution >= 4 is 17.8 Å². The number of amides is 1. The first-order valence-electron chi connectivity index (χ1n) is 7.28. The lowest BCUT2D eigenvalue weighted by atomic mass is 10.0. The molecule has 120 valence electrons. The second-order valence-electron chi connectivity index (χ2n) is 5.30. The number of Topliss-reactive ketones (excluding diaryl/α,β-unsaturated/α-hetero) is 1. The number of rotatable bonds is 5. The van der Waals surface area contributed by atoms with Crippen molar-refractivity contribution in [3.63, 3.8) is 0 Å². The van der Waals surface area contributed by atoms with Gasteiger partial charge in [0.2, 0.25) is 0 Å². The number of piperazine rings is 1. The van der Waals surface area contributed by atoms with Crippen molar-refractivity contribution in [2.24, 2.45) is 0 Å². The third kappa shape index (κ3) is 3.93. The van der Waals surface area contributed by atoms with Crippen LogP contribution < -0.4 is 0 Å². The Labute approximate surface area is 124 Å². The minimum Gasteiger partial charge on any atom is -0.465 e. The molecule has 1 rings (SSSR count). The molecule has 0 radical (unpaired) electrons. The molecule has 0 bridgehead atoms. The number of carbonyl (C=O) groups is 3. The van der Waals surface area contributed by atoms with Gasteiger partial charge in [0.05, 0.1) is 6.61 Å². The predicted octanol–water partition coefficient (Wildman–Crippen LogP) is 0.970. The summed E-state index contributed by atoms with van der Waals surface area (Å²) >= 11 is 0. The summed E-state index contributed by atoms with van der Waals surface area (Å²) in [6.07, 6.45) is -0.743. The number of carboxylic acid groups (broad SMARTS) is 1. The molecule has 0 saturated carbocycles. The molecule has 7 heteroatoms. The first-order valence-corrected chi connectivity index (χ1v) is 7.28. The molecule has 0 aromatic carbocycles. The first kappa shape index (κ1) is 17.4. The van der Waals surface area contributed by atoms with Crippen LogP contribution in [0, 0.1) is 0 Å². The SMILES string of the molecule is CCOC(=O)C(C(=O)CC)N1CC(C)N(C(=O)O)CC1C. The number of hydrogen-bond acceptors (Lipinski definition) is 5. The van der Waals surface area contributed by atoms with Gasteiger partial charge in [-0.3, -0.25) is 9.69 Å². The van der Waals surface area contributed by atoms with E-state index in [4.69, 9.17) is 9.84 Å². The van der Waals surface area contributed by atoms with Crippen LogP contribution in [-0.4, -0.2) is 70.6 Å². The maximum absolute atomic E-state index is 12.1. The summed E-state index contributed by atoms with van der Waals surface area (Å²) in [5.41, 5.74) is 0. The van der Waals surface area contributed by atoms with Crippen LogP contribution in [0.4, 0.5) is 4.79 Å². The van der Waals surface area contributed by atoms with Crippen LogP contribution >= 0.6 is 0 Å². The molecule has 0 aromatic heterocycles. The second-order valence-corrected chi connectivity index (χ2v) is 5.30. The smallest absolute Gasteiger partial charge is 0.407 e. The third-order valence-electron chi connectivity index (χ3n) is 3.77. The van der Waals surface area contributed by atoms with Crippen molar-refractivity contribution in [2.45, 2.75) is 52.2 Å². The molecule has 1 N–H and O–H groups in total. The maximum Gasteiger partial charge on any atom is 0.407 e. The highest BCUT2D eigenvalue weighted by atomic mass is 16.5. The molecule has 1 saturated heterocycles. The van der Waals surface area contributed by atoms with E-state index >= 15 is 0 Å². The number of ether oxygens (including phenoxy) is 1. The largest absolute Gasteiger partial charge is 0.465 e. The van der Waals surface area contributed by atoms with Crippen molar-refractivity contribution in [1.82, 2.24) is 9.80 Å². The van der Waals surface area contributed by atoms with Crippen LogP contribution in [0.1, 0.15) is 34.1 Å². The van der Waals surface area contributed by atoms with Crippen LogP contribution in [0.25, 0.3) is 0 Å². The monoisotopic (exact) mass is 300 g/mol. The molecule has 1 fully saturated rings. The maximum atomic E-state index is 12.1. The van der Waals surface area contributed by atoms with Gasteiger partial charge in [0, 0.05) is 31.6 Å². The molecule has 3 atom stereocenters. The highest BCUT2D eigenvalue weighted by Gasteiger charge is 2.41. The van der Waals surface area contributed by atoms with Crippen molar-refractivity contribution in [3.8, 4) is 0 Å². The van der Waals surface area contributed by atoms with Crippen LogP contribution in [0.3, 0.4) is 0 Å². The number of ketones is 1. The molecule has 0 aromatic rings. The molecule has 0 aliphatic carbocycles. The Balaban J connectivity index is 2.95. The average molecular weight is 300 g/mol. The normalized spacial score (nSPS) is 24.5. The van der Waals surface area contributed by atoms with E-state index in [9.17, 15) is 14.4 Å². The first-order chi connectivity index (χ1) is 9.83. The number of esters is 1. The fourth-order valence-corrected chi connectivity index (χ4v) is 2.65. The highest BCUT2D eigenvalue weighted by Crippen LogP contribution is 2.20. The van der Waals surface area contributed by atoms with Gasteiger partial charge in [-0.15, -0.1) is 0 Å². The molecule has 1 aliphatic heterocycles. The molecule has 7 nitrogen and oxygen atoms in total. The molecular formula is C14H24N2O5. The summed E-state index contributed by atoms with van der Waals surface area (Å²) in [5.74, 6) is -0.747. The lowest BCUT2D eigenvalue weighted by Crippen LogP contribution is -2.63. The highest BCUT2D eigenvalue weighted by molar-refractivity contribution is 6.03. The van der Waals surface area contributed by atoms with Crippen LogP contribution in [0.15, 0.2) is 0 Å². The fourth-order valence-electron chi connectivity index (χ4n) is 2.65. The molecule has 21 heavy (non-hydrogen) atoms. The van der Waals surface area contributed by atoms with Crippen molar-refractivity contribution in [1.29, 1.82) is 0 Å². The van der Waals surface area contributed by atoms with Crippen LogP contribution in [-0.2, 0) is 14.3 Å². The zero-order chi connectivity index (χ0) is 16.2. The van der Waals surface area contributed by atoms with Gasteiger partial charge in [0.25, 0.3) is 0 Å². The Kier molecular flexibility index (Phi) is 6.14. The lowest BCUT2D eigenvalue weighted by Gasteiger charge is -2.44. The van der Waals surface area contributed by atoms with Gasteiger partial charge in [0.1, 0.15) is 0 Å². The summed E-state index contributed by atoms with van der Waals surface area (Å²) in [6, 6.07) is -1.44. The van der Waals surface area contributed by atoms with Gasteiger partial charge in [0.15, 0.2) is 11.8 Å². The standard InChI is InChI=1S/C14H24N2O5/c1-5-11(17)12(13(18)21-6-2)15-7-10(4)16(14(19)20)8-9(15)3/h9-10,12H,5-8H2,1-4H3,(H,19,20). The molecule has 1 heterocycles. The van der Waals surface area contributed by atoms with E-state index in [2.05, 4.69) is 0 Å². The van der Waals surface area contributed by atoms with Gasteiger partial charge in [-0.2, -0.15) is 0 Å². The van der Waals surface area contributed by atoms with E-state index < -0.39 is 18.1 Å². The summed E-state index contributed by atoms with van der Waals surface area (Å²) in [7, 11) is 0. The topological polar surface area (TPSA) is 87.2 Å². The Bertz CT molecular complexity index is 412. The van der Waals surface area contributed by atoms with Crippen molar-refractivity contribution < 1.29 is 24.2 Å². The van der Waals surface area contributed by atoms with E-state index in [0.717, 1.165) is 0 Å². The van der Waals surface area contributed by atoms with E-state index in [1.807, 2.05) is 6.92 Å². The molecule has 0 spiro atoms. The minimum atomic E-state index is -0.983. The van der Waals surface area contributed by atoms with Crippen LogP contribution in [0.5, 0.6) is 0 Å². The van der Waals surface area contributed by atoms with E-state index in [1.165, 1.54) is 4.90 Å². The average Bonchev–Trinajstić information content (AvgIpc) is 2.42. The molecule has 3 unspecified atom stereocenters. The number of hydrogen-bond donors (Lipinski definition) is 1. The second kappa shape index (κ2) is 7.40. The lowest BCUT2D eigenvalue weighted by molar-refractivity contribution is -0.156. The van der Waals surface area contributed by atoms with E-state index in [0.29, 0.717) is 6.54 Å². The Hall–Kier alpha value is -1.63. The Morgan fingerprint density at radius 1 is 1.19 bits per heavy atom. The van der Waals surface area contributed by atoms with Gasteiger partial charge >= 0.3 is 12.1 Å². The molecule has 1 amide bonds. The zero-order valence-corrected chi connectivity index (χ0v) is 13.0. The summed E-state index contributed by atoms with van der Waals surface area (Å²) in [4.78, 5) is 38.5. The summed E-state index contributed by atoms with van der Waals surface area (Å²) in [5, 5.41) is 9.15. The van der Waals surface area contributed by atoms with Gasteiger partial charge in [-0.25, -0.2) is 9.59 Å². The minimum absolute atomic E-state index is 0.198. The Morgan fingerprint density at radius 3 is 2.29 bits per heavy atom. The quantitative estimate of drug-likeness (QED) is 0.601. The predicted molar refractivity (Wildman–Crippen MR) is 76.1 cm³/mol. The fraction of sp³-hybridized carbons (Fsp3) is 0.786. The third-order valence-corrected chi connectivity index (χ3v) is 3.77. The number of nitrogens with zero attached hydrogens (tertiary/aromatic N) is 2. The van der Waals surface area contributed by atoms with Gasteiger partial charge in [-0.05, 0) is 20.8 Å². The van der Waals surface area contributed by atoms with Crippen molar-refractivity contribution in [3.05, 3.63) is 0 Å². The Morgan fingerprint density at radius 2 is 1.81 bits per heavy atom. The summed E-state index contributed by atoms with van der Waals surface area (Å²) in [6.45, 7) is 7.80.